The second-order valence-electron chi connectivity index (χ2n) is 4.21. The average molecular weight is 261 g/mol. The summed E-state index contributed by atoms with van der Waals surface area (Å²) in [5.74, 6) is 0. The van der Waals surface area contributed by atoms with Gasteiger partial charge in [0.15, 0.2) is 5.06 Å². The summed E-state index contributed by atoms with van der Waals surface area (Å²) in [4.78, 5) is 0. The number of thiophene rings is 1. The first-order valence-corrected chi connectivity index (χ1v) is 7.12. The molecule has 0 aliphatic heterocycles. The van der Waals surface area contributed by atoms with Gasteiger partial charge in [-0.25, -0.2) is 0 Å². The number of rotatable bonds is 7. The molecule has 2 rings (SSSR count). The first-order valence-electron chi connectivity index (χ1n) is 6.24. The van der Waals surface area contributed by atoms with E-state index in [1.807, 2.05) is 0 Å². The van der Waals surface area contributed by atoms with Crippen molar-refractivity contribution in [3.05, 3.63) is 52.9 Å². The molecule has 2 nitrogen and oxygen atoms in total. The van der Waals surface area contributed by atoms with Crippen LogP contribution in [0, 0.1) is 0 Å². The van der Waals surface area contributed by atoms with Crippen molar-refractivity contribution < 1.29 is 4.74 Å². The molecule has 2 aromatic rings. The zero-order valence-corrected chi connectivity index (χ0v) is 11.5. The molecular weight excluding hydrogens is 242 g/mol. The molecule has 0 fully saturated rings. The second-order valence-corrected chi connectivity index (χ2v) is 5.09. The van der Waals surface area contributed by atoms with Gasteiger partial charge < -0.3 is 10.1 Å². The quantitative estimate of drug-likeness (QED) is 0.773. The summed E-state index contributed by atoms with van der Waals surface area (Å²) in [7, 11) is 1.72. The summed E-state index contributed by atoms with van der Waals surface area (Å²) in [5, 5.41) is 6.63. The molecule has 0 amide bonds. The average Bonchev–Trinajstić information content (AvgIpc) is 2.87. The van der Waals surface area contributed by atoms with Crippen molar-refractivity contribution in [2.45, 2.75) is 12.8 Å². The third kappa shape index (κ3) is 4.17. The fraction of sp³-hybridized carbons (Fsp3) is 0.333. The molecule has 18 heavy (non-hydrogen) atoms. The molecular formula is C15H19NOS. The van der Waals surface area contributed by atoms with Crippen LogP contribution in [0.5, 0.6) is 5.06 Å². The molecule has 0 unspecified atom stereocenters. The molecule has 1 aromatic heterocycles. The first-order chi connectivity index (χ1) is 8.88. The smallest absolute Gasteiger partial charge is 0.173 e. The van der Waals surface area contributed by atoms with E-state index in [1.165, 1.54) is 11.1 Å². The van der Waals surface area contributed by atoms with Crippen LogP contribution in [-0.2, 0) is 12.8 Å². The molecule has 1 aromatic carbocycles. The monoisotopic (exact) mass is 261 g/mol. The molecule has 0 aliphatic rings. The van der Waals surface area contributed by atoms with Crippen LogP contribution in [0.4, 0.5) is 0 Å². The van der Waals surface area contributed by atoms with Crippen LogP contribution in [0.3, 0.4) is 0 Å². The predicted octanol–water partition coefficient (Wildman–Crippen LogP) is 3.13. The van der Waals surface area contributed by atoms with Crippen LogP contribution in [0.15, 0.2) is 41.8 Å². The van der Waals surface area contributed by atoms with Crippen LogP contribution in [0.25, 0.3) is 0 Å². The molecule has 3 heteroatoms. The maximum atomic E-state index is 5.18. The Labute approximate surface area is 113 Å². The van der Waals surface area contributed by atoms with E-state index in [-0.39, 0.29) is 0 Å². The lowest BCUT2D eigenvalue weighted by molar-refractivity contribution is 0.427. The summed E-state index contributed by atoms with van der Waals surface area (Å²) >= 11 is 1.66. The van der Waals surface area contributed by atoms with Gasteiger partial charge in [0, 0.05) is 0 Å². The molecule has 0 saturated carbocycles. The Balaban J connectivity index is 1.61. The second kappa shape index (κ2) is 7.19. The largest absolute Gasteiger partial charge is 0.487 e. The van der Waals surface area contributed by atoms with Crippen molar-refractivity contribution in [1.82, 2.24) is 5.32 Å². The highest BCUT2D eigenvalue weighted by molar-refractivity contribution is 7.12. The summed E-state index contributed by atoms with van der Waals surface area (Å²) in [6, 6.07) is 12.7. The minimum Gasteiger partial charge on any atom is -0.487 e. The van der Waals surface area contributed by atoms with Gasteiger partial charge in [0.05, 0.1) is 7.11 Å². The lowest BCUT2D eigenvalue weighted by Crippen LogP contribution is -2.19. The number of ether oxygens (including phenoxy) is 1. The van der Waals surface area contributed by atoms with E-state index in [0.29, 0.717) is 0 Å². The summed E-state index contributed by atoms with van der Waals surface area (Å²) in [5.41, 5.74) is 2.74. The van der Waals surface area contributed by atoms with Crippen molar-refractivity contribution in [2.75, 3.05) is 20.2 Å². The number of nitrogens with one attached hydrogen (secondary N) is 1. The molecule has 0 atom stereocenters. The van der Waals surface area contributed by atoms with Crippen LogP contribution in [0.1, 0.15) is 11.1 Å². The Morgan fingerprint density at radius 3 is 2.44 bits per heavy atom. The Morgan fingerprint density at radius 2 is 1.78 bits per heavy atom. The topological polar surface area (TPSA) is 21.3 Å². The number of hydrogen-bond donors (Lipinski definition) is 1. The molecule has 1 heterocycles. The van der Waals surface area contributed by atoms with E-state index in [2.05, 4.69) is 47.1 Å². The molecule has 1 N–H and O–H groups in total. The number of hydrogen-bond acceptors (Lipinski definition) is 3. The zero-order chi connectivity index (χ0) is 12.6. The minimum absolute atomic E-state index is 0.995. The highest BCUT2D eigenvalue weighted by Gasteiger charge is 1.99. The maximum Gasteiger partial charge on any atom is 0.173 e. The Kier molecular flexibility index (Phi) is 5.24. The van der Waals surface area contributed by atoms with E-state index in [4.69, 9.17) is 4.74 Å². The van der Waals surface area contributed by atoms with E-state index in [1.54, 1.807) is 18.4 Å². The molecule has 0 radical (unpaired) electrons. The van der Waals surface area contributed by atoms with Crippen LogP contribution >= 0.6 is 11.3 Å². The van der Waals surface area contributed by atoms with Gasteiger partial charge >= 0.3 is 0 Å². The third-order valence-electron chi connectivity index (χ3n) is 2.85. The third-order valence-corrected chi connectivity index (χ3v) is 3.79. The summed E-state index contributed by atoms with van der Waals surface area (Å²) in [6.07, 6.45) is 2.16. The lowest BCUT2D eigenvalue weighted by Gasteiger charge is -2.03. The van der Waals surface area contributed by atoms with Gasteiger partial charge in [0.2, 0.25) is 0 Å². The Hall–Kier alpha value is -1.32. The Morgan fingerprint density at radius 1 is 1.06 bits per heavy atom. The lowest BCUT2D eigenvalue weighted by atomic mass is 10.1. The molecule has 0 aliphatic carbocycles. The maximum absolute atomic E-state index is 5.18. The number of methoxy groups -OCH3 is 1. The highest BCUT2D eigenvalue weighted by Crippen LogP contribution is 2.22. The van der Waals surface area contributed by atoms with Crippen LogP contribution in [-0.4, -0.2) is 20.2 Å². The summed E-state index contributed by atoms with van der Waals surface area (Å²) < 4.78 is 5.18. The van der Waals surface area contributed by atoms with Gasteiger partial charge in [-0.1, -0.05) is 30.3 Å². The SMILES string of the molecule is COc1cc(CCNCCc2ccccc2)cs1. The van der Waals surface area contributed by atoms with E-state index < -0.39 is 0 Å². The molecule has 0 spiro atoms. The molecule has 96 valence electrons. The van der Waals surface area contributed by atoms with E-state index in [9.17, 15) is 0 Å². The fourth-order valence-corrected chi connectivity index (χ4v) is 2.60. The minimum atomic E-state index is 0.995. The van der Waals surface area contributed by atoms with Crippen molar-refractivity contribution in [2.24, 2.45) is 0 Å². The fourth-order valence-electron chi connectivity index (χ4n) is 1.83. The van der Waals surface area contributed by atoms with E-state index in [0.717, 1.165) is 31.0 Å². The van der Waals surface area contributed by atoms with Crippen molar-refractivity contribution in [3.8, 4) is 5.06 Å². The van der Waals surface area contributed by atoms with Crippen molar-refractivity contribution in [1.29, 1.82) is 0 Å². The van der Waals surface area contributed by atoms with Gasteiger partial charge in [0.1, 0.15) is 0 Å². The van der Waals surface area contributed by atoms with Gasteiger partial charge in [-0.2, -0.15) is 0 Å². The number of benzene rings is 1. The molecule has 0 bridgehead atoms. The normalized spacial score (nSPS) is 10.5. The van der Waals surface area contributed by atoms with Crippen molar-refractivity contribution >= 4 is 11.3 Å². The molecule has 0 saturated heterocycles. The van der Waals surface area contributed by atoms with Gasteiger partial charge in [-0.15, -0.1) is 11.3 Å². The van der Waals surface area contributed by atoms with Crippen LogP contribution < -0.4 is 10.1 Å². The summed E-state index contributed by atoms with van der Waals surface area (Å²) in [6.45, 7) is 2.05. The van der Waals surface area contributed by atoms with Gasteiger partial charge in [-0.3, -0.25) is 0 Å². The van der Waals surface area contributed by atoms with Crippen molar-refractivity contribution in [3.63, 3.8) is 0 Å². The van der Waals surface area contributed by atoms with Gasteiger partial charge in [-0.05, 0) is 48.5 Å². The Bertz CT molecular complexity index is 453. The highest BCUT2D eigenvalue weighted by atomic mass is 32.1. The zero-order valence-electron chi connectivity index (χ0n) is 10.7. The first kappa shape index (κ1) is 13.1. The predicted molar refractivity (Wildman–Crippen MR) is 77.6 cm³/mol. The van der Waals surface area contributed by atoms with Crippen LogP contribution in [0.2, 0.25) is 0 Å². The van der Waals surface area contributed by atoms with Gasteiger partial charge in [0.25, 0.3) is 0 Å². The standard InChI is InChI=1S/C15H19NOS/c1-17-15-11-14(12-18-15)8-10-16-9-7-13-5-3-2-4-6-13/h2-6,11-12,16H,7-10H2,1H3. The van der Waals surface area contributed by atoms with E-state index >= 15 is 0 Å².